The van der Waals surface area contributed by atoms with E-state index in [9.17, 15) is 9.59 Å². The summed E-state index contributed by atoms with van der Waals surface area (Å²) in [5, 5.41) is 2.82. The minimum Gasteiger partial charge on any atom is -0.490 e. The van der Waals surface area contributed by atoms with Gasteiger partial charge in [0.25, 0.3) is 0 Å². The second-order valence-electron chi connectivity index (χ2n) is 5.19. The van der Waals surface area contributed by atoms with E-state index in [4.69, 9.17) is 9.47 Å². The molecule has 2 aromatic rings. The number of aryl methyl sites for hydroxylation is 1. The van der Waals surface area contributed by atoms with Crippen LogP contribution in [0.5, 0.6) is 5.75 Å². The molecule has 0 atom stereocenters. The predicted molar refractivity (Wildman–Crippen MR) is 91.1 cm³/mol. The Morgan fingerprint density at radius 1 is 1.25 bits per heavy atom. The van der Waals surface area contributed by atoms with Gasteiger partial charge >= 0.3 is 5.97 Å². The molecule has 0 spiro atoms. The van der Waals surface area contributed by atoms with Crippen molar-refractivity contribution < 1.29 is 19.1 Å². The molecule has 0 aliphatic carbocycles. The summed E-state index contributed by atoms with van der Waals surface area (Å²) in [6.07, 6.45) is 2.71. The Labute approximate surface area is 147 Å². The lowest BCUT2D eigenvalue weighted by Gasteiger charge is -2.17. The Morgan fingerprint density at radius 3 is 2.96 bits per heavy atom. The molecule has 1 aromatic carbocycles. The Morgan fingerprint density at radius 2 is 2.12 bits per heavy atom. The number of esters is 1. The highest BCUT2D eigenvalue weighted by Gasteiger charge is 2.15. The van der Waals surface area contributed by atoms with Crippen LogP contribution in [0.1, 0.15) is 22.5 Å². The van der Waals surface area contributed by atoms with Gasteiger partial charge in [-0.2, -0.15) is 0 Å². The summed E-state index contributed by atoms with van der Waals surface area (Å²) in [5.41, 5.74) is 2.11. The van der Waals surface area contributed by atoms with Crippen LogP contribution < -0.4 is 10.1 Å². The Kier molecular flexibility index (Phi) is 5.10. The van der Waals surface area contributed by atoms with Gasteiger partial charge in [-0.05, 0) is 58.2 Å². The fourth-order valence-electron chi connectivity index (χ4n) is 2.35. The number of rotatable bonds is 5. The van der Waals surface area contributed by atoms with Crippen LogP contribution in [0.15, 0.2) is 41.0 Å². The van der Waals surface area contributed by atoms with E-state index in [1.165, 1.54) is 6.20 Å². The average Bonchev–Trinajstić information content (AvgIpc) is 2.59. The van der Waals surface area contributed by atoms with Crippen LogP contribution in [0.25, 0.3) is 0 Å². The van der Waals surface area contributed by atoms with Gasteiger partial charge < -0.3 is 14.8 Å². The molecule has 0 radical (unpaired) electrons. The third-order valence-electron chi connectivity index (χ3n) is 3.51. The molecule has 1 aromatic heterocycles. The fraction of sp³-hybridized carbons (Fsp3) is 0.235. The van der Waals surface area contributed by atoms with Crippen molar-refractivity contribution >= 4 is 33.5 Å². The number of nitrogens with zero attached hydrogens (tertiary/aromatic N) is 1. The van der Waals surface area contributed by atoms with Gasteiger partial charge in [-0.3, -0.25) is 4.79 Å². The molecule has 0 saturated carbocycles. The third kappa shape index (κ3) is 3.91. The van der Waals surface area contributed by atoms with Crippen molar-refractivity contribution in [2.24, 2.45) is 0 Å². The summed E-state index contributed by atoms with van der Waals surface area (Å²) < 4.78 is 11.3. The van der Waals surface area contributed by atoms with E-state index in [-0.39, 0.29) is 24.8 Å². The number of hydrogen-bond donors (Lipinski definition) is 1. The number of anilines is 1. The molecule has 1 amide bonds. The number of nitrogens with one attached hydrogen (secondary N) is 1. The minimum atomic E-state index is -0.501. The zero-order valence-electron chi connectivity index (χ0n) is 12.8. The highest BCUT2D eigenvalue weighted by atomic mass is 79.9. The topological polar surface area (TPSA) is 77.5 Å². The first-order chi connectivity index (χ1) is 11.6. The van der Waals surface area contributed by atoms with Gasteiger partial charge in [0.1, 0.15) is 19.0 Å². The number of benzene rings is 1. The lowest BCUT2D eigenvalue weighted by Crippen LogP contribution is -2.19. The summed E-state index contributed by atoms with van der Waals surface area (Å²) in [4.78, 5) is 27.2. The van der Waals surface area contributed by atoms with E-state index in [0.29, 0.717) is 23.1 Å². The van der Waals surface area contributed by atoms with Crippen molar-refractivity contribution in [3.05, 3.63) is 52.3 Å². The van der Waals surface area contributed by atoms with E-state index < -0.39 is 5.97 Å². The predicted octanol–water partition coefficient (Wildman–Crippen LogP) is 2.96. The number of ether oxygens (including phenoxy) is 2. The van der Waals surface area contributed by atoms with Crippen LogP contribution in [0.2, 0.25) is 0 Å². The number of hydrogen-bond acceptors (Lipinski definition) is 5. The van der Waals surface area contributed by atoms with Crippen LogP contribution >= 0.6 is 15.9 Å². The van der Waals surface area contributed by atoms with Gasteiger partial charge in [-0.15, -0.1) is 0 Å². The Bertz CT molecular complexity index is 779. The highest BCUT2D eigenvalue weighted by molar-refractivity contribution is 9.10. The van der Waals surface area contributed by atoms with Crippen molar-refractivity contribution in [3.8, 4) is 5.75 Å². The normalized spacial score (nSPS) is 13.0. The number of amides is 1. The first kappa shape index (κ1) is 16.4. The smallest absolute Gasteiger partial charge is 0.358 e. The van der Waals surface area contributed by atoms with Gasteiger partial charge in [-0.25, -0.2) is 9.78 Å². The number of carbonyl (C=O) groups is 2. The maximum Gasteiger partial charge on any atom is 0.358 e. The summed E-state index contributed by atoms with van der Waals surface area (Å²) in [6, 6.07) is 8.95. The Hall–Kier alpha value is -2.41. The summed E-state index contributed by atoms with van der Waals surface area (Å²) in [5.74, 6) is 0.211. The molecule has 6 nitrogen and oxygen atoms in total. The molecule has 0 fully saturated rings. The van der Waals surface area contributed by atoms with E-state index in [2.05, 4.69) is 26.2 Å². The minimum absolute atomic E-state index is 0.0313. The Balaban J connectivity index is 1.49. The van der Waals surface area contributed by atoms with Crippen molar-refractivity contribution in [2.75, 3.05) is 18.5 Å². The van der Waals surface area contributed by atoms with Crippen molar-refractivity contribution in [2.45, 2.75) is 12.8 Å². The molecule has 1 aliphatic heterocycles. The van der Waals surface area contributed by atoms with Crippen LogP contribution in [0, 0.1) is 0 Å². The van der Waals surface area contributed by atoms with Gasteiger partial charge in [0, 0.05) is 18.3 Å². The van der Waals surface area contributed by atoms with Crippen LogP contribution in [-0.2, 0) is 16.0 Å². The van der Waals surface area contributed by atoms with Crippen molar-refractivity contribution in [1.29, 1.82) is 0 Å². The fourth-order valence-corrected chi connectivity index (χ4v) is 2.76. The number of fused-ring (bicyclic) bond motifs is 1. The quantitative estimate of drug-likeness (QED) is 0.627. The first-order valence-electron chi connectivity index (χ1n) is 7.47. The summed E-state index contributed by atoms with van der Waals surface area (Å²) in [6.45, 7) is 0.358. The number of pyridine rings is 1. The molecule has 0 unspecified atom stereocenters. The second kappa shape index (κ2) is 7.44. The zero-order chi connectivity index (χ0) is 16.9. The van der Waals surface area contributed by atoms with Gasteiger partial charge in [0.05, 0.1) is 4.47 Å². The SMILES string of the molecule is O=C1CCc2cc(OCCOC(=O)c3ncccc3Br)ccc2N1. The molecule has 24 heavy (non-hydrogen) atoms. The van der Waals surface area contributed by atoms with Gasteiger partial charge in [-0.1, -0.05) is 0 Å². The van der Waals surface area contributed by atoms with Crippen molar-refractivity contribution in [1.82, 2.24) is 4.98 Å². The molecule has 2 heterocycles. The average molecular weight is 391 g/mol. The van der Waals surface area contributed by atoms with Crippen LogP contribution in [-0.4, -0.2) is 30.1 Å². The zero-order valence-corrected chi connectivity index (χ0v) is 14.3. The number of aromatic nitrogens is 1. The lowest BCUT2D eigenvalue weighted by atomic mass is 10.0. The van der Waals surface area contributed by atoms with Crippen LogP contribution in [0.4, 0.5) is 5.69 Å². The molecular formula is C17H15BrN2O4. The van der Waals surface area contributed by atoms with Crippen molar-refractivity contribution in [3.63, 3.8) is 0 Å². The molecule has 1 N–H and O–H groups in total. The molecule has 0 bridgehead atoms. The third-order valence-corrected chi connectivity index (χ3v) is 4.15. The lowest BCUT2D eigenvalue weighted by molar-refractivity contribution is -0.116. The molecule has 1 aliphatic rings. The molecule has 124 valence electrons. The second-order valence-corrected chi connectivity index (χ2v) is 6.04. The molecular weight excluding hydrogens is 376 g/mol. The first-order valence-corrected chi connectivity index (χ1v) is 8.26. The summed E-state index contributed by atoms with van der Waals surface area (Å²) >= 11 is 3.26. The van der Waals surface area contributed by atoms with E-state index in [0.717, 1.165) is 11.3 Å². The van der Waals surface area contributed by atoms with Gasteiger partial charge in [0.2, 0.25) is 5.91 Å². The van der Waals surface area contributed by atoms with Gasteiger partial charge in [0.15, 0.2) is 5.69 Å². The maximum absolute atomic E-state index is 11.9. The standard InChI is InChI=1S/C17H15BrN2O4/c18-13-2-1-7-19-16(13)17(22)24-9-8-23-12-4-5-14-11(10-12)3-6-15(21)20-14/h1-2,4-5,7,10H,3,6,8-9H2,(H,20,21). The van der Waals surface area contributed by atoms with E-state index in [1.807, 2.05) is 12.1 Å². The summed E-state index contributed by atoms with van der Waals surface area (Å²) in [7, 11) is 0. The largest absolute Gasteiger partial charge is 0.490 e. The number of carbonyl (C=O) groups excluding carboxylic acids is 2. The monoisotopic (exact) mass is 390 g/mol. The van der Waals surface area contributed by atoms with Crippen LogP contribution in [0.3, 0.4) is 0 Å². The molecule has 0 saturated heterocycles. The molecule has 3 rings (SSSR count). The maximum atomic E-state index is 11.9. The highest BCUT2D eigenvalue weighted by Crippen LogP contribution is 2.26. The van der Waals surface area contributed by atoms with E-state index in [1.54, 1.807) is 18.2 Å². The number of halogens is 1. The molecule has 7 heteroatoms. The van der Waals surface area contributed by atoms with E-state index >= 15 is 0 Å².